The van der Waals surface area contributed by atoms with Gasteiger partial charge in [-0.15, -0.1) is 0 Å². The Hall–Kier alpha value is -3.91. The predicted octanol–water partition coefficient (Wildman–Crippen LogP) is 5.80. The lowest BCUT2D eigenvalue weighted by atomic mass is 9.98. The van der Waals surface area contributed by atoms with Crippen molar-refractivity contribution >= 4 is 40.1 Å². The number of amides is 2. The minimum atomic E-state index is -0.592. The van der Waals surface area contributed by atoms with E-state index in [2.05, 4.69) is 41.5 Å². The fraction of sp³-hybridized carbons (Fsp3) is 0.267. The minimum Gasteiger partial charge on any atom is -0.497 e. The summed E-state index contributed by atoms with van der Waals surface area (Å²) in [7, 11) is 1.64. The first-order valence-electron chi connectivity index (χ1n) is 12.5. The van der Waals surface area contributed by atoms with Crippen LogP contribution < -0.4 is 10.1 Å². The molecule has 0 saturated heterocycles. The van der Waals surface area contributed by atoms with Gasteiger partial charge in [-0.2, -0.15) is 10.1 Å². The molecule has 0 spiro atoms. The quantitative estimate of drug-likeness (QED) is 0.439. The largest absolute Gasteiger partial charge is 0.497 e. The maximum absolute atomic E-state index is 12.9. The van der Waals surface area contributed by atoms with Gasteiger partial charge < -0.3 is 10.1 Å². The van der Waals surface area contributed by atoms with E-state index >= 15 is 0 Å². The highest BCUT2D eigenvalue weighted by molar-refractivity contribution is 8.15. The van der Waals surface area contributed by atoms with E-state index in [0.717, 1.165) is 39.4 Å². The lowest BCUT2D eigenvalue weighted by Gasteiger charge is -2.23. The zero-order valence-electron chi connectivity index (χ0n) is 21.9. The van der Waals surface area contributed by atoms with Crippen molar-refractivity contribution < 1.29 is 14.3 Å². The van der Waals surface area contributed by atoms with Gasteiger partial charge in [-0.3, -0.25) is 9.59 Å². The fourth-order valence-corrected chi connectivity index (χ4v) is 5.79. The summed E-state index contributed by atoms with van der Waals surface area (Å²) in [6, 6.07) is 21.9. The number of carbonyl (C=O) groups is 2. The molecule has 1 N–H and O–H groups in total. The Labute approximate surface area is 227 Å². The molecular formula is C30H30N4O3S. The third-order valence-corrected chi connectivity index (χ3v) is 7.74. The molecule has 3 aromatic rings. The molecule has 2 aliphatic heterocycles. The van der Waals surface area contributed by atoms with E-state index in [1.54, 1.807) is 7.11 Å². The first kappa shape index (κ1) is 25.7. The molecule has 194 valence electrons. The van der Waals surface area contributed by atoms with Crippen molar-refractivity contribution in [1.82, 2.24) is 5.01 Å². The van der Waals surface area contributed by atoms with Gasteiger partial charge in [0.15, 0.2) is 5.17 Å². The van der Waals surface area contributed by atoms with Gasteiger partial charge in [0.05, 0.1) is 18.9 Å². The van der Waals surface area contributed by atoms with Crippen LogP contribution in [0.5, 0.6) is 5.75 Å². The van der Waals surface area contributed by atoms with Crippen molar-refractivity contribution in [2.75, 3.05) is 12.4 Å². The number of thioether (sulfide) groups is 1. The van der Waals surface area contributed by atoms with Crippen molar-refractivity contribution in [2.45, 2.75) is 44.9 Å². The van der Waals surface area contributed by atoms with Crippen molar-refractivity contribution in [3.63, 3.8) is 0 Å². The van der Waals surface area contributed by atoms with E-state index in [4.69, 9.17) is 9.84 Å². The highest BCUT2D eigenvalue weighted by Gasteiger charge is 2.39. The Morgan fingerprint density at radius 2 is 1.68 bits per heavy atom. The van der Waals surface area contributed by atoms with E-state index < -0.39 is 5.25 Å². The second kappa shape index (κ2) is 10.8. The van der Waals surface area contributed by atoms with Crippen LogP contribution in [0, 0.1) is 20.8 Å². The molecule has 0 saturated carbocycles. The summed E-state index contributed by atoms with van der Waals surface area (Å²) in [5, 5.41) is 9.60. The molecule has 2 atom stereocenters. The highest BCUT2D eigenvalue weighted by atomic mass is 32.2. The number of aryl methyl sites for hydroxylation is 3. The maximum Gasteiger partial charge on any atom is 0.262 e. The second-order valence-corrected chi connectivity index (χ2v) is 10.9. The van der Waals surface area contributed by atoms with Gasteiger partial charge in [0.1, 0.15) is 11.0 Å². The zero-order valence-corrected chi connectivity index (χ0v) is 22.7. The van der Waals surface area contributed by atoms with Gasteiger partial charge in [-0.1, -0.05) is 59.8 Å². The molecule has 2 amide bonds. The Morgan fingerprint density at radius 1 is 1.00 bits per heavy atom. The summed E-state index contributed by atoms with van der Waals surface area (Å²) in [5.41, 5.74) is 7.06. The van der Waals surface area contributed by atoms with Gasteiger partial charge in [0.25, 0.3) is 5.91 Å². The SMILES string of the molecule is COc1ccc([C@H]2CC(c3ccc(C)cc3)=NN2C2=NC(=O)[C@@H](CC(=O)Nc3cc(C)cc(C)c3)S2)cc1. The molecule has 0 unspecified atom stereocenters. The standard InChI is InChI=1S/C30H30N4O3S/c1-18-5-7-21(8-6-18)25-16-26(22-9-11-24(37-4)12-10-22)34(33-25)30-32-29(36)27(38-30)17-28(35)31-23-14-19(2)13-20(3)15-23/h5-15,26-27H,16-17H2,1-4H3,(H,31,35)/t26-,27-/m1/s1. The monoisotopic (exact) mass is 526 g/mol. The highest BCUT2D eigenvalue weighted by Crippen LogP contribution is 2.39. The van der Waals surface area contributed by atoms with Crippen LogP contribution in [0.15, 0.2) is 76.8 Å². The van der Waals surface area contributed by atoms with E-state index in [1.165, 1.54) is 17.3 Å². The summed E-state index contributed by atoms with van der Waals surface area (Å²) >= 11 is 1.30. The topological polar surface area (TPSA) is 83.4 Å². The number of benzene rings is 3. The molecular weight excluding hydrogens is 496 g/mol. The number of nitrogens with one attached hydrogen (secondary N) is 1. The number of hydrogen-bond acceptors (Lipinski definition) is 6. The number of aliphatic imine (C=N–C) groups is 1. The molecule has 38 heavy (non-hydrogen) atoms. The molecule has 0 bridgehead atoms. The summed E-state index contributed by atoms with van der Waals surface area (Å²) in [4.78, 5) is 30.0. The van der Waals surface area contributed by atoms with E-state index in [-0.39, 0.29) is 24.3 Å². The Kier molecular flexibility index (Phi) is 7.33. The van der Waals surface area contributed by atoms with E-state index in [1.807, 2.05) is 61.3 Å². The van der Waals surface area contributed by atoms with Gasteiger partial charge in [0.2, 0.25) is 5.91 Å². The number of hydrogen-bond donors (Lipinski definition) is 1. The number of ether oxygens (including phenoxy) is 1. The molecule has 0 aliphatic carbocycles. The van der Waals surface area contributed by atoms with Gasteiger partial charge >= 0.3 is 0 Å². The zero-order chi connectivity index (χ0) is 26.8. The molecule has 8 heteroatoms. The number of carbonyl (C=O) groups excluding carboxylic acids is 2. The molecule has 5 rings (SSSR count). The van der Waals surface area contributed by atoms with E-state index in [0.29, 0.717) is 11.6 Å². The third kappa shape index (κ3) is 5.65. The summed E-state index contributed by atoms with van der Waals surface area (Å²) < 4.78 is 5.33. The Balaban J connectivity index is 1.35. The number of anilines is 1. The fourth-order valence-electron chi connectivity index (χ4n) is 4.72. The molecule has 2 aliphatic rings. The Bertz CT molecular complexity index is 1410. The van der Waals surface area contributed by atoms with Crippen LogP contribution in [-0.4, -0.2) is 40.1 Å². The first-order chi connectivity index (χ1) is 18.3. The van der Waals surface area contributed by atoms with Crippen LogP contribution >= 0.6 is 11.8 Å². The second-order valence-electron chi connectivity index (χ2n) is 9.72. The van der Waals surface area contributed by atoms with Crippen molar-refractivity contribution in [2.24, 2.45) is 10.1 Å². The van der Waals surface area contributed by atoms with Crippen molar-refractivity contribution in [3.8, 4) is 5.75 Å². The van der Waals surface area contributed by atoms with Gasteiger partial charge in [0, 0.05) is 18.5 Å². The first-order valence-corrected chi connectivity index (χ1v) is 13.4. The lowest BCUT2D eigenvalue weighted by Crippen LogP contribution is -2.25. The van der Waals surface area contributed by atoms with Crippen LogP contribution in [0.3, 0.4) is 0 Å². The van der Waals surface area contributed by atoms with Gasteiger partial charge in [-0.05, 0) is 67.3 Å². The number of rotatable bonds is 6. The third-order valence-electron chi connectivity index (χ3n) is 6.60. The van der Waals surface area contributed by atoms with Crippen LogP contribution in [0.1, 0.15) is 46.7 Å². The number of methoxy groups -OCH3 is 1. The molecule has 7 nitrogen and oxygen atoms in total. The van der Waals surface area contributed by atoms with Gasteiger partial charge in [-0.25, -0.2) is 5.01 Å². The molecule has 3 aromatic carbocycles. The molecule has 0 fully saturated rings. The average molecular weight is 527 g/mol. The number of amidine groups is 1. The maximum atomic E-state index is 12.9. The average Bonchev–Trinajstić information content (AvgIpc) is 3.48. The molecule has 0 aromatic heterocycles. The van der Waals surface area contributed by atoms with E-state index in [9.17, 15) is 9.59 Å². The Morgan fingerprint density at radius 3 is 2.34 bits per heavy atom. The number of hydrazone groups is 1. The minimum absolute atomic E-state index is 0.0407. The number of nitrogens with zero attached hydrogens (tertiary/aromatic N) is 3. The van der Waals surface area contributed by atoms with Crippen LogP contribution in [-0.2, 0) is 9.59 Å². The normalized spacial score (nSPS) is 18.8. The summed E-state index contributed by atoms with van der Waals surface area (Å²) in [6.07, 6.45) is 0.708. The molecule has 0 radical (unpaired) electrons. The predicted molar refractivity (Wildman–Crippen MR) is 153 cm³/mol. The van der Waals surface area contributed by atoms with Crippen LogP contribution in [0.25, 0.3) is 0 Å². The lowest BCUT2D eigenvalue weighted by molar-refractivity contribution is -0.121. The van der Waals surface area contributed by atoms with Crippen molar-refractivity contribution in [1.29, 1.82) is 0 Å². The van der Waals surface area contributed by atoms with Crippen LogP contribution in [0.2, 0.25) is 0 Å². The summed E-state index contributed by atoms with van der Waals surface area (Å²) in [6.45, 7) is 6.03. The smallest absolute Gasteiger partial charge is 0.262 e. The van der Waals surface area contributed by atoms with Crippen LogP contribution in [0.4, 0.5) is 5.69 Å². The van der Waals surface area contributed by atoms with Crippen molar-refractivity contribution in [3.05, 3.63) is 94.5 Å². The molecule has 2 heterocycles. The summed E-state index contributed by atoms with van der Waals surface area (Å²) in [5.74, 6) is 0.248.